The van der Waals surface area contributed by atoms with E-state index in [0.717, 1.165) is 0 Å². The minimum absolute atomic E-state index is 0. The van der Waals surface area contributed by atoms with E-state index < -0.39 is 11.8 Å². The first-order valence-electron chi connectivity index (χ1n) is 3.29. The zero-order valence-electron chi connectivity index (χ0n) is 6.16. The van der Waals surface area contributed by atoms with Crippen molar-refractivity contribution in [3.05, 3.63) is 12.7 Å². The molecular weight excluding hydrogens is 171 g/mol. The van der Waals surface area contributed by atoms with Gasteiger partial charge in [0.05, 0.1) is 0 Å². The molecule has 0 saturated carbocycles. The van der Waals surface area contributed by atoms with Gasteiger partial charge >= 0.3 is 35.5 Å². The second kappa shape index (κ2) is 6.62. The van der Waals surface area contributed by atoms with Gasteiger partial charge in [-0.2, -0.15) is 0 Å². The zero-order valence-corrected chi connectivity index (χ0v) is 6.16. The Balaban J connectivity index is 0. The van der Waals surface area contributed by atoms with Crippen LogP contribution in [0.2, 0.25) is 0 Å². The predicted octanol–water partition coefficient (Wildman–Crippen LogP) is -0.540. The first-order valence-corrected chi connectivity index (χ1v) is 3.29. The van der Waals surface area contributed by atoms with E-state index in [1.54, 1.807) is 6.08 Å². The van der Waals surface area contributed by atoms with Crippen molar-refractivity contribution in [2.75, 3.05) is 0 Å². The van der Waals surface area contributed by atoms with Crippen molar-refractivity contribution in [3.8, 4) is 0 Å². The van der Waals surface area contributed by atoms with Crippen molar-refractivity contribution >= 4 is 35.5 Å². The van der Waals surface area contributed by atoms with E-state index in [1.165, 1.54) is 0 Å². The summed E-state index contributed by atoms with van der Waals surface area (Å²) >= 11 is 0. The van der Waals surface area contributed by atoms with Gasteiger partial charge in [0.15, 0.2) is 0 Å². The monoisotopic (exact) mass is 184 g/mol. The molecule has 0 aromatic rings. The van der Waals surface area contributed by atoms with Gasteiger partial charge in [0, 0.05) is 6.42 Å². The van der Waals surface area contributed by atoms with Gasteiger partial charge in [-0.3, -0.25) is 0 Å². The van der Waals surface area contributed by atoms with E-state index in [1.807, 2.05) is 0 Å². The van der Waals surface area contributed by atoms with E-state index in [0.29, 0.717) is 12.8 Å². The van der Waals surface area contributed by atoms with Crippen molar-refractivity contribution in [2.45, 2.75) is 25.0 Å². The molecule has 0 aromatic carbocycles. The van der Waals surface area contributed by atoms with Crippen molar-refractivity contribution < 1.29 is 20.1 Å². The Morgan fingerprint density at radius 1 is 1.50 bits per heavy atom. The van der Waals surface area contributed by atoms with Crippen LogP contribution in [0, 0.1) is 0 Å². The summed E-state index contributed by atoms with van der Waals surface area (Å²) in [6, 6.07) is 0. The van der Waals surface area contributed by atoms with Crippen LogP contribution in [0.3, 0.4) is 0 Å². The maximum atomic E-state index is 10.1. The molecule has 0 bridgehead atoms. The maximum absolute atomic E-state index is 10.1. The third-order valence-corrected chi connectivity index (χ3v) is 1.28. The van der Waals surface area contributed by atoms with Crippen LogP contribution in [0.4, 0.5) is 0 Å². The van der Waals surface area contributed by atoms with Crippen LogP contribution in [0.15, 0.2) is 12.7 Å². The normalized spacial score (nSPS) is 10.2. The summed E-state index contributed by atoms with van der Waals surface area (Å²) in [7, 11) is 0. The van der Waals surface area contributed by atoms with Crippen molar-refractivity contribution in [1.29, 1.82) is 0 Å². The van der Waals surface area contributed by atoms with Crippen LogP contribution in [0.25, 0.3) is 0 Å². The summed E-state index contributed by atoms with van der Waals surface area (Å²) in [5.74, 6) is -4.19. The summed E-state index contributed by atoms with van der Waals surface area (Å²) < 4.78 is 0. The molecule has 0 amide bonds. The summed E-state index contributed by atoms with van der Waals surface area (Å²) in [6.07, 6.45) is 2.41. The van der Waals surface area contributed by atoms with Crippen LogP contribution in [0.1, 0.15) is 19.3 Å². The Morgan fingerprint density at radius 2 is 2.00 bits per heavy atom. The number of carboxylic acids is 1. The third-order valence-electron chi connectivity index (χ3n) is 1.28. The standard InChI is InChI=1S/C7H12O4.Na.H/c1-2-3-4-5-7(10,11)6(8)9;;/h2,10-11H,1,3-5H2,(H,8,9);;. The molecule has 0 fully saturated rings. The molecule has 5 heteroatoms. The molecule has 0 heterocycles. The molecule has 0 aliphatic rings. The fourth-order valence-corrected chi connectivity index (χ4v) is 0.600. The topological polar surface area (TPSA) is 77.8 Å². The van der Waals surface area contributed by atoms with Crippen molar-refractivity contribution in [2.24, 2.45) is 0 Å². The molecule has 66 valence electrons. The third kappa shape index (κ3) is 5.74. The average molecular weight is 184 g/mol. The zero-order chi connectivity index (χ0) is 8.91. The Labute approximate surface area is 93.2 Å². The molecule has 0 spiro atoms. The molecule has 12 heavy (non-hydrogen) atoms. The number of carboxylic acid groups (broad SMARTS) is 1. The van der Waals surface area contributed by atoms with E-state index in [2.05, 4.69) is 6.58 Å². The number of allylic oxidation sites excluding steroid dienone is 1. The number of carbonyl (C=O) groups is 1. The van der Waals surface area contributed by atoms with Gasteiger partial charge in [-0.05, 0) is 12.8 Å². The van der Waals surface area contributed by atoms with E-state index in [-0.39, 0.29) is 36.0 Å². The summed E-state index contributed by atoms with van der Waals surface area (Å²) in [4.78, 5) is 10.1. The number of aliphatic hydroxyl groups is 2. The quantitative estimate of drug-likeness (QED) is 0.232. The first kappa shape index (κ1) is 14.6. The second-order valence-corrected chi connectivity index (χ2v) is 2.30. The molecule has 0 aliphatic carbocycles. The predicted molar refractivity (Wildman–Crippen MR) is 46.0 cm³/mol. The fourth-order valence-electron chi connectivity index (χ4n) is 0.600. The van der Waals surface area contributed by atoms with Gasteiger partial charge < -0.3 is 15.3 Å². The van der Waals surface area contributed by atoms with Crippen LogP contribution in [0.5, 0.6) is 0 Å². The Kier molecular flexibility index (Phi) is 8.08. The average Bonchev–Trinajstić information content (AvgIpc) is 1.88. The number of unbranched alkanes of at least 4 members (excludes halogenated alkanes) is 1. The Hall–Kier alpha value is 0.130. The minimum atomic E-state index is -2.58. The van der Waals surface area contributed by atoms with Gasteiger partial charge in [0.2, 0.25) is 0 Å². The number of aliphatic carboxylic acids is 1. The van der Waals surface area contributed by atoms with E-state index in [4.69, 9.17) is 15.3 Å². The Bertz CT molecular complexity index is 155. The molecule has 0 atom stereocenters. The van der Waals surface area contributed by atoms with Crippen LogP contribution in [-0.4, -0.2) is 56.6 Å². The number of hydrogen-bond donors (Lipinski definition) is 3. The van der Waals surface area contributed by atoms with Crippen LogP contribution >= 0.6 is 0 Å². The molecule has 3 N–H and O–H groups in total. The molecule has 0 unspecified atom stereocenters. The SMILES string of the molecule is C=CCCCC(O)(O)C(=O)O.[NaH]. The van der Waals surface area contributed by atoms with E-state index >= 15 is 0 Å². The molecule has 0 saturated heterocycles. The number of hydrogen-bond acceptors (Lipinski definition) is 3. The molecular formula is C7H13NaO4. The van der Waals surface area contributed by atoms with Gasteiger partial charge in [-0.15, -0.1) is 6.58 Å². The van der Waals surface area contributed by atoms with Crippen LogP contribution < -0.4 is 0 Å². The molecule has 4 nitrogen and oxygen atoms in total. The van der Waals surface area contributed by atoms with Crippen LogP contribution in [-0.2, 0) is 4.79 Å². The fraction of sp³-hybridized carbons (Fsp3) is 0.571. The van der Waals surface area contributed by atoms with Crippen molar-refractivity contribution in [3.63, 3.8) is 0 Å². The summed E-state index contributed by atoms with van der Waals surface area (Å²) in [5, 5.41) is 25.7. The summed E-state index contributed by atoms with van der Waals surface area (Å²) in [6.45, 7) is 3.41. The van der Waals surface area contributed by atoms with E-state index in [9.17, 15) is 4.79 Å². The second-order valence-electron chi connectivity index (χ2n) is 2.30. The van der Waals surface area contributed by atoms with Gasteiger partial charge in [-0.25, -0.2) is 4.79 Å². The molecule has 0 aromatic heterocycles. The molecule has 0 rings (SSSR count). The molecule has 0 aliphatic heterocycles. The number of rotatable bonds is 5. The van der Waals surface area contributed by atoms with Gasteiger partial charge in [-0.1, -0.05) is 6.08 Å². The Morgan fingerprint density at radius 3 is 2.33 bits per heavy atom. The van der Waals surface area contributed by atoms with Gasteiger partial charge in [0.25, 0.3) is 5.79 Å². The molecule has 0 radical (unpaired) electrons. The van der Waals surface area contributed by atoms with Gasteiger partial charge in [0.1, 0.15) is 0 Å². The summed E-state index contributed by atoms with van der Waals surface area (Å²) in [5.41, 5.74) is 0. The van der Waals surface area contributed by atoms with Crippen molar-refractivity contribution in [1.82, 2.24) is 0 Å². The first-order chi connectivity index (χ1) is 5.00.